The lowest BCUT2D eigenvalue weighted by Crippen LogP contribution is -2.34. The van der Waals surface area contributed by atoms with Gasteiger partial charge in [0.15, 0.2) is 0 Å². The van der Waals surface area contributed by atoms with Crippen LogP contribution >= 0.6 is 0 Å². The normalized spacial score (nSPS) is 20.8. The second-order valence-electron chi connectivity index (χ2n) is 4.32. The van der Waals surface area contributed by atoms with E-state index in [9.17, 15) is 8.78 Å². The second kappa shape index (κ2) is 4.89. The fourth-order valence-electron chi connectivity index (χ4n) is 1.51. The number of methoxy groups -OCH3 is 1. The molecular formula is C10H20F2O. The van der Waals surface area contributed by atoms with Crippen LogP contribution in [-0.2, 0) is 4.74 Å². The first-order chi connectivity index (χ1) is 5.89. The minimum atomic E-state index is -1.42. The molecule has 0 aliphatic heterocycles. The third-order valence-electron chi connectivity index (χ3n) is 2.42. The van der Waals surface area contributed by atoms with Gasteiger partial charge in [0.05, 0.1) is 13.3 Å². The summed E-state index contributed by atoms with van der Waals surface area (Å²) in [4.78, 5) is 0. The molecule has 80 valence electrons. The van der Waals surface area contributed by atoms with Crippen LogP contribution in [0, 0.1) is 5.41 Å². The van der Waals surface area contributed by atoms with Gasteiger partial charge in [0.2, 0.25) is 0 Å². The van der Waals surface area contributed by atoms with Crippen LogP contribution in [0.25, 0.3) is 0 Å². The SMILES string of the molecule is CCC(C)(CF)CC(C)(F)COC. The Morgan fingerprint density at radius 2 is 1.85 bits per heavy atom. The summed E-state index contributed by atoms with van der Waals surface area (Å²) in [5, 5.41) is 0. The van der Waals surface area contributed by atoms with E-state index in [-0.39, 0.29) is 13.0 Å². The molecule has 0 N–H and O–H groups in total. The minimum Gasteiger partial charge on any atom is -0.381 e. The molecule has 0 radical (unpaired) electrons. The first kappa shape index (κ1) is 12.8. The van der Waals surface area contributed by atoms with Crippen LogP contribution < -0.4 is 0 Å². The van der Waals surface area contributed by atoms with Gasteiger partial charge >= 0.3 is 0 Å². The van der Waals surface area contributed by atoms with Crippen molar-refractivity contribution in [2.24, 2.45) is 5.41 Å². The molecule has 0 aromatic carbocycles. The zero-order chi connectivity index (χ0) is 10.5. The lowest BCUT2D eigenvalue weighted by Gasteiger charge is -2.31. The third-order valence-corrected chi connectivity index (χ3v) is 2.42. The van der Waals surface area contributed by atoms with E-state index in [1.54, 1.807) is 6.92 Å². The van der Waals surface area contributed by atoms with Crippen molar-refractivity contribution in [1.82, 2.24) is 0 Å². The zero-order valence-corrected chi connectivity index (χ0v) is 8.99. The Balaban J connectivity index is 4.21. The molecule has 0 bridgehead atoms. The van der Waals surface area contributed by atoms with Gasteiger partial charge in [-0.1, -0.05) is 13.8 Å². The van der Waals surface area contributed by atoms with Crippen molar-refractivity contribution in [3.8, 4) is 0 Å². The molecule has 1 nitrogen and oxygen atoms in total. The van der Waals surface area contributed by atoms with Crippen molar-refractivity contribution in [2.75, 3.05) is 20.4 Å². The summed E-state index contributed by atoms with van der Waals surface area (Å²) in [6, 6.07) is 0. The molecule has 0 spiro atoms. The summed E-state index contributed by atoms with van der Waals surface area (Å²) in [5.41, 5.74) is -1.98. The van der Waals surface area contributed by atoms with Gasteiger partial charge in [-0.05, 0) is 25.2 Å². The van der Waals surface area contributed by atoms with E-state index < -0.39 is 17.8 Å². The van der Waals surface area contributed by atoms with E-state index in [2.05, 4.69) is 0 Å². The minimum absolute atomic E-state index is 0.0303. The summed E-state index contributed by atoms with van der Waals surface area (Å²) in [6.45, 7) is 4.65. The van der Waals surface area contributed by atoms with Gasteiger partial charge in [-0.2, -0.15) is 0 Å². The Morgan fingerprint density at radius 1 is 1.31 bits per heavy atom. The molecular weight excluding hydrogens is 174 g/mol. The Labute approximate surface area is 79.5 Å². The second-order valence-corrected chi connectivity index (χ2v) is 4.32. The Morgan fingerprint density at radius 3 is 2.15 bits per heavy atom. The maximum Gasteiger partial charge on any atom is 0.132 e. The smallest absolute Gasteiger partial charge is 0.132 e. The van der Waals surface area contributed by atoms with Gasteiger partial charge in [0.25, 0.3) is 0 Å². The van der Waals surface area contributed by atoms with Gasteiger partial charge in [0, 0.05) is 7.11 Å². The van der Waals surface area contributed by atoms with Crippen LogP contribution in [0.5, 0.6) is 0 Å². The number of alkyl halides is 2. The van der Waals surface area contributed by atoms with E-state index in [1.807, 2.05) is 6.92 Å². The molecule has 0 aliphatic carbocycles. The highest BCUT2D eigenvalue weighted by molar-refractivity contribution is 4.84. The van der Waals surface area contributed by atoms with E-state index in [1.165, 1.54) is 14.0 Å². The van der Waals surface area contributed by atoms with E-state index in [0.29, 0.717) is 6.42 Å². The van der Waals surface area contributed by atoms with Crippen LogP contribution in [-0.4, -0.2) is 26.1 Å². The third kappa shape index (κ3) is 4.55. The van der Waals surface area contributed by atoms with Gasteiger partial charge in [-0.15, -0.1) is 0 Å². The molecule has 13 heavy (non-hydrogen) atoms. The average Bonchev–Trinajstić information content (AvgIpc) is 2.03. The number of halogens is 2. The van der Waals surface area contributed by atoms with Crippen molar-refractivity contribution in [2.45, 2.75) is 39.3 Å². The lowest BCUT2D eigenvalue weighted by atomic mass is 9.79. The number of ether oxygens (including phenoxy) is 1. The van der Waals surface area contributed by atoms with Gasteiger partial charge < -0.3 is 4.74 Å². The van der Waals surface area contributed by atoms with Gasteiger partial charge in [0.1, 0.15) is 5.67 Å². The monoisotopic (exact) mass is 194 g/mol. The molecule has 3 heteroatoms. The van der Waals surface area contributed by atoms with Crippen LogP contribution in [0.3, 0.4) is 0 Å². The highest BCUT2D eigenvalue weighted by Gasteiger charge is 2.34. The molecule has 0 fully saturated rings. The number of hydrogen-bond acceptors (Lipinski definition) is 1. The van der Waals surface area contributed by atoms with E-state index >= 15 is 0 Å². The van der Waals surface area contributed by atoms with E-state index in [0.717, 1.165) is 0 Å². The van der Waals surface area contributed by atoms with Gasteiger partial charge in [-0.25, -0.2) is 4.39 Å². The highest BCUT2D eigenvalue weighted by Crippen LogP contribution is 2.34. The first-order valence-corrected chi connectivity index (χ1v) is 4.63. The largest absolute Gasteiger partial charge is 0.381 e. The zero-order valence-electron chi connectivity index (χ0n) is 8.99. The Kier molecular flexibility index (Phi) is 4.82. The summed E-state index contributed by atoms with van der Waals surface area (Å²) >= 11 is 0. The van der Waals surface area contributed by atoms with Crippen LogP contribution in [0.1, 0.15) is 33.6 Å². The standard InChI is InChI=1S/C10H20F2O/c1-5-9(2,7-11)6-10(3,12)8-13-4/h5-8H2,1-4H3. The van der Waals surface area contributed by atoms with Crippen molar-refractivity contribution in [3.05, 3.63) is 0 Å². The maximum absolute atomic E-state index is 13.7. The van der Waals surface area contributed by atoms with Crippen molar-refractivity contribution < 1.29 is 13.5 Å². The molecule has 0 amide bonds. The molecule has 2 atom stereocenters. The highest BCUT2D eigenvalue weighted by atomic mass is 19.1. The first-order valence-electron chi connectivity index (χ1n) is 4.63. The maximum atomic E-state index is 13.7. The summed E-state index contributed by atoms with van der Waals surface area (Å²) in [6.07, 6.45) is 0.855. The topological polar surface area (TPSA) is 9.23 Å². The molecule has 0 rings (SSSR count). The fraction of sp³-hybridized carbons (Fsp3) is 1.00. The summed E-state index contributed by atoms with van der Waals surface area (Å²) < 4.78 is 31.0. The molecule has 2 unspecified atom stereocenters. The van der Waals surface area contributed by atoms with E-state index in [4.69, 9.17) is 4.74 Å². The lowest BCUT2D eigenvalue weighted by molar-refractivity contribution is 0.00914. The average molecular weight is 194 g/mol. The van der Waals surface area contributed by atoms with Crippen molar-refractivity contribution >= 4 is 0 Å². The van der Waals surface area contributed by atoms with Crippen LogP contribution in [0.15, 0.2) is 0 Å². The predicted molar refractivity (Wildman–Crippen MR) is 50.4 cm³/mol. The molecule has 0 aromatic rings. The van der Waals surface area contributed by atoms with Gasteiger partial charge in [-0.3, -0.25) is 4.39 Å². The molecule has 0 aromatic heterocycles. The molecule has 0 saturated heterocycles. The Hall–Kier alpha value is -0.180. The summed E-state index contributed by atoms with van der Waals surface area (Å²) in [5.74, 6) is 0. The van der Waals surface area contributed by atoms with Crippen molar-refractivity contribution in [3.63, 3.8) is 0 Å². The van der Waals surface area contributed by atoms with Crippen LogP contribution in [0.2, 0.25) is 0 Å². The fourth-order valence-corrected chi connectivity index (χ4v) is 1.51. The number of rotatable bonds is 6. The molecule has 0 aliphatic rings. The van der Waals surface area contributed by atoms with Crippen molar-refractivity contribution in [1.29, 1.82) is 0 Å². The Bertz CT molecular complexity index is 142. The predicted octanol–water partition coefficient (Wildman–Crippen LogP) is 3.14. The number of hydrogen-bond donors (Lipinski definition) is 0. The molecule has 0 heterocycles. The molecule has 0 saturated carbocycles. The summed E-state index contributed by atoms with van der Waals surface area (Å²) in [7, 11) is 1.45. The quantitative estimate of drug-likeness (QED) is 0.631. The van der Waals surface area contributed by atoms with Crippen LogP contribution in [0.4, 0.5) is 8.78 Å².